The molecule has 27 heteroatoms. The summed E-state index contributed by atoms with van der Waals surface area (Å²) in [6, 6.07) is 7.32. The van der Waals surface area contributed by atoms with Crippen LogP contribution in [0.15, 0.2) is 85.6 Å². The molecule has 0 aliphatic rings. The first kappa shape index (κ1) is 45.0. The van der Waals surface area contributed by atoms with Gasteiger partial charge in [-0.2, -0.15) is 15.0 Å². The van der Waals surface area contributed by atoms with E-state index >= 15 is 0 Å². The molecular formula is C26H15FLi3N7O13S3. The number of benzene rings is 4. The van der Waals surface area contributed by atoms with Gasteiger partial charge in [-0.15, -0.1) is 10.2 Å². The first-order chi connectivity index (χ1) is 23.2. The van der Waals surface area contributed by atoms with Gasteiger partial charge in [0.05, 0.1) is 25.9 Å². The SMILES string of the molecule is O=C(O)c1ccc(F)cc1N=Nc1c(S(=O)(=O)[O-])cc2cc(S(=O)(=O)[O-])cc(Nc3nc(O)nc(Nc4cccc(S(=O)(=O)[O-])c4)n3)c2c1O.[Li+].[Li+].[Li+]. The predicted molar refractivity (Wildman–Crippen MR) is 162 cm³/mol. The van der Waals surface area contributed by atoms with Crippen LogP contribution in [0.4, 0.5) is 39.0 Å². The first-order valence-corrected chi connectivity index (χ1v) is 17.2. The Labute approximate surface area is 333 Å². The van der Waals surface area contributed by atoms with E-state index in [0.717, 1.165) is 24.3 Å². The Balaban J connectivity index is 0.00000324. The molecular weight excluding hydrogens is 754 g/mol. The van der Waals surface area contributed by atoms with E-state index in [1.807, 2.05) is 0 Å². The third-order valence-electron chi connectivity index (χ3n) is 6.38. The molecule has 0 amide bonds. The number of carboxylic acids is 1. The number of rotatable bonds is 10. The fourth-order valence-corrected chi connectivity index (χ4v) is 6.01. The molecule has 5 N–H and O–H groups in total. The zero-order valence-electron chi connectivity index (χ0n) is 27.0. The molecule has 4 aromatic carbocycles. The van der Waals surface area contributed by atoms with Crippen molar-refractivity contribution in [3.63, 3.8) is 0 Å². The van der Waals surface area contributed by atoms with Crippen molar-refractivity contribution >= 4 is 81.7 Å². The monoisotopic (exact) mass is 769 g/mol. The van der Waals surface area contributed by atoms with E-state index < -0.39 is 114 Å². The van der Waals surface area contributed by atoms with Gasteiger partial charge in [-0.3, -0.25) is 0 Å². The van der Waals surface area contributed by atoms with Gasteiger partial charge < -0.3 is 39.6 Å². The molecule has 20 nitrogen and oxygen atoms in total. The smallest absolute Gasteiger partial charge is 0.744 e. The Morgan fingerprint density at radius 2 is 1.36 bits per heavy atom. The van der Waals surface area contributed by atoms with Gasteiger partial charge in [-0.25, -0.2) is 34.4 Å². The van der Waals surface area contributed by atoms with Crippen LogP contribution in [0.3, 0.4) is 0 Å². The van der Waals surface area contributed by atoms with Crippen molar-refractivity contribution < 1.29 is 120 Å². The van der Waals surface area contributed by atoms with Crippen LogP contribution in [0.1, 0.15) is 10.4 Å². The summed E-state index contributed by atoms with van der Waals surface area (Å²) in [6.07, 6.45) is 0. The molecule has 0 saturated heterocycles. The molecule has 0 fully saturated rings. The molecule has 0 aliphatic carbocycles. The molecule has 1 heterocycles. The number of aromatic nitrogens is 3. The van der Waals surface area contributed by atoms with Crippen molar-refractivity contribution in [2.45, 2.75) is 14.7 Å². The molecule has 0 unspecified atom stereocenters. The van der Waals surface area contributed by atoms with E-state index in [0.29, 0.717) is 24.3 Å². The molecule has 53 heavy (non-hydrogen) atoms. The van der Waals surface area contributed by atoms with Gasteiger partial charge in [0.1, 0.15) is 47.5 Å². The Bertz CT molecular complexity index is 2620. The Kier molecular flexibility index (Phi) is 14.4. The summed E-state index contributed by atoms with van der Waals surface area (Å²) in [6.45, 7) is 0. The van der Waals surface area contributed by atoms with Gasteiger partial charge in [0.25, 0.3) is 0 Å². The zero-order chi connectivity index (χ0) is 36.8. The summed E-state index contributed by atoms with van der Waals surface area (Å²) >= 11 is 0. The second kappa shape index (κ2) is 16.9. The molecule has 0 bridgehead atoms. The van der Waals surface area contributed by atoms with Gasteiger partial charge in [-0.1, -0.05) is 6.07 Å². The largest absolute Gasteiger partial charge is 1.00 e. The van der Waals surface area contributed by atoms with Crippen molar-refractivity contribution in [2.75, 3.05) is 10.6 Å². The fourth-order valence-electron chi connectivity index (χ4n) is 4.32. The van der Waals surface area contributed by atoms with Crippen LogP contribution in [0.25, 0.3) is 10.8 Å². The van der Waals surface area contributed by atoms with Crippen LogP contribution in [-0.2, 0) is 30.4 Å². The van der Waals surface area contributed by atoms with Gasteiger partial charge in [0.15, 0.2) is 5.75 Å². The molecule has 0 aliphatic heterocycles. The van der Waals surface area contributed by atoms with Crippen LogP contribution < -0.4 is 67.2 Å². The average Bonchev–Trinajstić information content (AvgIpc) is 2.98. The minimum Gasteiger partial charge on any atom is -0.744 e. The van der Waals surface area contributed by atoms with E-state index in [-0.39, 0.29) is 62.3 Å². The number of azo groups is 1. The van der Waals surface area contributed by atoms with Crippen LogP contribution in [0.2, 0.25) is 0 Å². The van der Waals surface area contributed by atoms with E-state index in [4.69, 9.17) is 0 Å². The minimum atomic E-state index is -5.59. The number of fused-ring (bicyclic) bond motifs is 1. The van der Waals surface area contributed by atoms with Crippen LogP contribution in [0, 0.1) is 5.82 Å². The summed E-state index contributed by atoms with van der Waals surface area (Å²) in [5, 5.41) is 41.5. The maximum Gasteiger partial charge on any atom is 1.00 e. The van der Waals surface area contributed by atoms with Crippen LogP contribution >= 0.6 is 0 Å². The second-order valence-corrected chi connectivity index (χ2v) is 13.8. The molecule has 5 aromatic rings. The molecule has 0 saturated carbocycles. The van der Waals surface area contributed by atoms with E-state index in [1.165, 1.54) is 12.1 Å². The van der Waals surface area contributed by atoms with Crippen LogP contribution in [0.5, 0.6) is 11.8 Å². The number of carboxylic acid groups (broad SMARTS) is 1. The van der Waals surface area contributed by atoms with Gasteiger partial charge in [0.2, 0.25) is 11.9 Å². The molecule has 0 radical (unpaired) electrons. The molecule has 5 rings (SSSR count). The number of hydrogen-bond donors (Lipinski definition) is 5. The maximum atomic E-state index is 13.9. The summed E-state index contributed by atoms with van der Waals surface area (Å²) in [4.78, 5) is 19.7. The second-order valence-electron chi connectivity index (χ2n) is 9.73. The topological polar surface area (TPSA) is 337 Å². The number of carbonyl (C=O) groups is 1. The number of hydrogen-bond acceptors (Lipinski definition) is 19. The normalized spacial score (nSPS) is 11.6. The van der Waals surface area contributed by atoms with Crippen molar-refractivity contribution in [3.05, 3.63) is 72.0 Å². The minimum absolute atomic E-state index is 0. The summed E-state index contributed by atoms with van der Waals surface area (Å²) in [5.74, 6) is -4.95. The standard InChI is InChI=1S/C26H18FN7O13S3.3Li/c27-12-4-5-16(23(36)37)17(8-12)33-34-21-19(50(45,46)47)7-11-6-15(49(42,43)44)10-18(20(11)22(21)35)29-25-30-24(31-26(38)32-25)28-13-2-1-3-14(9-13)48(39,40)41;;;/h1-10,35H,(H,36,37)(H,39,40,41)(H,42,43,44)(H,45,46,47)(H3,28,29,30,31,32,38);;;/q;3*+1/p-3. The molecule has 1 aromatic heterocycles. The number of phenolic OH excluding ortho intramolecular Hbond substituents is 1. The zero-order valence-corrected chi connectivity index (χ0v) is 29.5. The third kappa shape index (κ3) is 10.5. The van der Waals surface area contributed by atoms with E-state index in [1.54, 1.807) is 0 Å². The number of nitrogens with zero attached hydrogens (tertiary/aromatic N) is 5. The van der Waals surface area contributed by atoms with Crippen molar-refractivity contribution in [1.82, 2.24) is 15.0 Å². The van der Waals surface area contributed by atoms with Crippen molar-refractivity contribution in [2.24, 2.45) is 10.2 Å². The number of anilines is 4. The van der Waals surface area contributed by atoms with Gasteiger partial charge in [0, 0.05) is 17.1 Å². The van der Waals surface area contributed by atoms with E-state index in [2.05, 4.69) is 35.8 Å². The number of aromatic carboxylic acids is 1. The Morgan fingerprint density at radius 1 is 0.736 bits per heavy atom. The van der Waals surface area contributed by atoms with Gasteiger partial charge in [-0.05, 0) is 53.9 Å². The van der Waals surface area contributed by atoms with Crippen LogP contribution in [-0.4, -0.2) is 75.2 Å². The third-order valence-corrected chi connectivity index (χ3v) is 8.87. The number of phenols is 1. The molecule has 260 valence electrons. The number of halogens is 1. The first-order valence-electron chi connectivity index (χ1n) is 13.0. The number of aromatic hydroxyl groups is 2. The van der Waals surface area contributed by atoms with E-state index in [9.17, 15) is 63.4 Å². The summed E-state index contributed by atoms with van der Waals surface area (Å²) < 4.78 is 121. The summed E-state index contributed by atoms with van der Waals surface area (Å²) in [5.41, 5.74) is -3.06. The van der Waals surface area contributed by atoms with Crippen molar-refractivity contribution in [3.8, 4) is 11.8 Å². The predicted octanol–water partition coefficient (Wildman–Crippen LogP) is -6.10. The Hall–Kier alpha value is -4.13. The quantitative estimate of drug-likeness (QED) is 0.0501. The fraction of sp³-hybridized carbons (Fsp3) is 0. The molecule has 0 atom stereocenters. The van der Waals surface area contributed by atoms with Crippen molar-refractivity contribution in [1.29, 1.82) is 0 Å². The van der Waals surface area contributed by atoms with Gasteiger partial charge >= 0.3 is 68.6 Å². The number of nitrogens with one attached hydrogen (secondary N) is 2. The summed E-state index contributed by atoms with van der Waals surface area (Å²) in [7, 11) is -15.8. The maximum absolute atomic E-state index is 13.9. The molecule has 0 spiro atoms. The Morgan fingerprint density at radius 3 is 1.94 bits per heavy atom. The average molecular weight is 769 g/mol.